The standard InChI is InChI=1S/C18H21ClN6O/c1-20-18(21-10-8-13-4-6-14(19)7-5-13)22-11-9-16-23-17(25-24-16)15-3-2-12-26-15/h2-7,12H,8-11H2,1H3,(H2,20,21,22)(H,23,24,25). The molecule has 0 unspecified atom stereocenters. The smallest absolute Gasteiger partial charge is 0.216 e. The van der Waals surface area contributed by atoms with Crippen molar-refractivity contribution in [3.63, 3.8) is 0 Å². The highest BCUT2D eigenvalue weighted by atomic mass is 35.5. The third-order valence-electron chi connectivity index (χ3n) is 3.77. The van der Waals surface area contributed by atoms with Crippen molar-refractivity contribution in [2.75, 3.05) is 20.1 Å². The van der Waals surface area contributed by atoms with Gasteiger partial charge < -0.3 is 15.1 Å². The molecule has 2 heterocycles. The molecule has 0 saturated heterocycles. The monoisotopic (exact) mass is 372 g/mol. The van der Waals surface area contributed by atoms with Crippen molar-refractivity contribution in [1.29, 1.82) is 0 Å². The van der Waals surface area contributed by atoms with Crippen LogP contribution in [-0.4, -0.2) is 41.3 Å². The Kier molecular flexibility index (Phi) is 6.27. The van der Waals surface area contributed by atoms with E-state index in [1.54, 1.807) is 13.3 Å². The van der Waals surface area contributed by atoms with Crippen LogP contribution in [0.2, 0.25) is 5.02 Å². The van der Waals surface area contributed by atoms with E-state index in [9.17, 15) is 0 Å². The molecule has 0 atom stereocenters. The van der Waals surface area contributed by atoms with E-state index in [1.165, 1.54) is 5.56 Å². The minimum Gasteiger partial charge on any atom is -0.461 e. The van der Waals surface area contributed by atoms with E-state index in [-0.39, 0.29) is 0 Å². The molecule has 0 spiro atoms. The van der Waals surface area contributed by atoms with Gasteiger partial charge >= 0.3 is 0 Å². The fraction of sp³-hybridized carbons (Fsp3) is 0.278. The van der Waals surface area contributed by atoms with E-state index in [0.717, 1.165) is 29.8 Å². The number of aromatic amines is 1. The molecule has 3 N–H and O–H groups in total. The predicted molar refractivity (Wildman–Crippen MR) is 102 cm³/mol. The fourth-order valence-corrected chi connectivity index (χ4v) is 2.55. The van der Waals surface area contributed by atoms with Gasteiger partial charge in [0.1, 0.15) is 5.82 Å². The zero-order valence-corrected chi connectivity index (χ0v) is 15.3. The van der Waals surface area contributed by atoms with Gasteiger partial charge in [0.25, 0.3) is 0 Å². The summed E-state index contributed by atoms with van der Waals surface area (Å²) in [6.07, 6.45) is 3.20. The van der Waals surface area contributed by atoms with Crippen LogP contribution in [0.4, 0.5) is 0 Å². The van der Waals surface area contributed by atoms with E-state index in [0.29, 0.717) is 24.6 Å². The van der Waals surface area contributed by atoms with Gasteiger partial charge in [0, 0.05) is 31.6 Å². The molecule has 136 valence electrons. The first-order valence-corrected chi connectivity index (χ1v) is 8.76. The lowest BCUT2D eigenvalue weighted by atomic mass is 10.1. The highest BCUT2D eigenvalue weighted by Crippen LogP contribution is 2.14. The number of hydrogen-bond donors (Lipinski definition) is 3. The van der Waals surface area contributed by atoms with Crippen LogP contribution in [0.15, 0.2) is 52.1 Å². The number of halogens is 1. The number of aliphatic imine (C=N–C) groups is 1. The Hall–Kier alpha value is -2.80. The maximum Gasteiger partial charge on any atom is 0.216 e. The molecule has 3 aromatic rings. The van der Waals surface area contributed by atoms with Gasteiger partial charge in [-0.1, -0.05) is 23.7 Å². The zero-order chi connectivity index (χ0) is 18.2. The highest BCUT2D eigenvalue weighted by Gasteiger charge is 2.08. The van der Waals surface area contributed by atoms with Crippen molar-refractivity contribution in [1.82, 2.24) is 25.8 Å². The molecule has 0 radical (unpaired) electrons. The summed E-state index contributed by atoms with van der Waals surface area (Å²) >= 11 is 5.89. The lowest BCUT2D eigenvalue weighted by molar-refractivity contribution is 0.577. The molecule has 0 aliphatic rings. The topological polar surface area (TPSA) is 91.1 Å². The molecule has 0 aliphatic carbocycles. The second-order valence-electron chi connectivity index (χ2n) is 5.64. The first kappa shape index (κ1) is 18.0. The average Bonchev–Trinajstić information content (AvgIpc) is 3.33. The number of nitrogens with zero attached hydrogens (tertiary/aromatic N) is 3. The lowest BCUT2D eigenvalue weighted by Crippen LogP contribution is -2.39. The minimum absolute atomic E-state index is 0.565. The van der Waals surface area contributed by atoms with Crippen molar-refractivity contribution in [2.45, 2.75) is 12.8 Å². The van der Waals surface area contributed by atoms with Crippen LogP contribution in [0.25, 0.3) is 11.6 Å². The summed E-state index contributed by atoms with van der Waals surface area (Å²) < 4.78 is 5.28. The number of rotatable bonds is 7. The molecule has 0 amide bonds. The number of furan rings is 1. The molecule has 2 aromatic heterocycles. The average molecular weight is 373 g/mol. The Balaban J connectivity index is 1.39. The summed E-state index contributed by atoms with van der Waals surface area (Å²) in [6, 6.07) is 11.5. The third kappa shape index (κ3) is 5.10. The zero-order valence-electron chi connectivity index (χ0n) is 14.5. The second kappa shape index (κ2) is 9.05. The van der Waals surface area contributed by atoms with Gasteiger partial charge in [-0.05, 0) is 36.2 Å². The number of guanidine groups is 1. The number of benzene rings is 1. The van der Waals surface area contributed by atoms with Gasteiger partial charge in [-0.3, -0.25) is 10.1 Å². The van der Waals surface area contributed by atoms with Crippen LogP contribution in [0.1, 0.15) is 11.4 Å². The van der Waals surface area contributed by atoms with Crippen LogP contribution in [0.5, 0.6) is 0 Å². The molecular weight excluding hydrogens is 352 g/mol. The maximum absolute atomic E-state index is 5.89. The van der Waals surface area contributed by atoms with Crippen molar-refractivity contribution in [3.8, 4) is 11.6 Å². The Labute approximate surface area is 156 Å². The lowest BCUT2D eigenvalue weighted by Gasteiger charge is -2.11. The van der Waals surface area contributed by atoms with E-state index in [1.807, 2.05) is 36.4 Å². The largest absolute Gasteiger partial charge is 0.461 e. The molecule has 1 aromatic carbocycles. The quantitative estimate of drug-likeness (QED) is 0.438. The highest BCUT2D eigenvalue weighted by molar-refractivity contribution is 6.30. The molecule has 8 heteroatoms. The molecule has 0 bridgehead atoms. The second-order valence-corrected chi connectivity index (χ2v) is 6.07. The first-order chi connectivity index (χ1) is 12.7. The Morgan fingerprint density at radius 2 is 1.92 bits per heavy atom. The summed E-state index contributed by atoms with van der Waals surface area (Å²) in [6.45, 7) is 1.47. The third-order valence-corrected chi connectivity index (χ3v) is 4.02. The number of nitrogens with one attached hydrogen (secondary N) is 3. The van der Waals surface area contributed by atoms with E-state index in [2.05, 4.69) is 30.8 Å². The van der Waals surface area contributed by atoms with Crippen molar-refractivity contribution in [3.05, 3.63) is 59.1 Å². The molecule has 26 heavy (non-hydrogen) atoms. The fourth-order valence-electron chi connectivity index (χ4n) is 2.42. The summed E-state index contributed by atoms with van der Waals surface area (Å²) in [4.78, 5) is 8.64. The number of aromatic nitrogens is 3. The summed E-state index contributed by atoms with van der Waals surface area (Å²) in [5.41, 5.74) is 1.23. The molecular formula is C18H21ClN6O. The van der Waals surface area contributed by atoms with Gasteiger partial charge in [0.15, 0.2) is 11.7 Å². The molecule has 7 nitrogen and oxygen atoms in total. The van der Waals surface area contributed by atoms with Gasteiger partial charge in [0.2, 0.25) is 5.82 Å². The molecule has 0 saturated carbocycles. The number of hydrogen-bond acceptors (Lipinski definition) is 4. The van der Waals surface area contributed by atoms with E-state index >= 15 is 0 Å². The summed E-state index contributed by atoms with van der Waals surface area (Å²) in [7, 11) is 1.75. The van der Waals surface area contributed by atoms with Crippen molar-refractivity contribution >= 4 is 17.6 Å². The minimum atomic E-state index is 0.565. The Morgan fingerprint density at radius 3 is 2.62 bits per heavy atom. The van der Waals surface area contributed by atoms with E-state index < -0.39 is 0 Å². The van der Waals surface area contributed by atoms with Crippen LogP contribution < -0.4 is 10.6 Å². The first-order valence-electron chi connectivity index (χ1n) is 8.38. The molecule has 0 fully saturated rings. The van der Waals surface area contributed by atoms with E-state index in [4.69, 9.17) is 16.0 Å². The molecule has 0 aliphatic heterocycles. The predicted octanol–water partition coefficient (Wildman–Crippen LogP) is 2.67. The summed E-state index contributed by atoms with van der Waals surface area (Å²) in [5.74, 6) is 2.76. The number of H-pyrrole nitrogens is 1. The van der Waals surface area contributed by atoms with Crippen LogP contribution in [0, 0.1) is 0 Å². The van der Waals surface area contributed by atoms with Gasteiger partial charge in [-0.2, -0.15) is 5.10 Å². The van der Waals surface area contributed by atoms with Crippen LogP contribution in [-0.2, 0) is 12.8 Å². The normalized spacial score (nSPS) is 11.5. The molecule has 3 rings (SSSR count). The van der Waals surface area contributed by atoms with Gasteiger partial charge in [0.05, 0.1) is 6.26 Å². The van der Waals surface area contributed by atoms with Crippen LogP contribution in [0.3, 0.4) is 0 Å². The van der Waals surface area contributed by atoms with Crippen LogP contribution >= 0.6 is 11.6 Å². The van der Waals surface area contributed by atoms with Crippen molar-refractivity contribution in [2.24, 2.45) is 4.99 Å². The van der Waals surface area contributed by atoms with Gasteiger partial charge in [-0.25, -0.2) is 4.98 Å². The summed E-state index contributed by atoms with van der Waals surface area (Å²) in [5, 5.41) is 14.4. The maximum atomic E-state index is 5.89. The Bertz CT molecular complexity index is 826. The Morgan fingerprint density at radius 1 is 1.15 bits per heavy atom. The SMILES string of the molecule is CN=C(NCCc1ccc(Cl)cc1)NCCc1nc(-c2ccco2)n[nH]1. The van der Waals surface area contributed by atoms with Crippen molar-refractivity contribution < 1.29 is 4.42 Å². The van der Waals surface area contributed by atoms with Gasteiger partial charge in [-0.15, -0.1) is 0 Å².